The molecule has 0 amide bonds. The van der Waals surface area contributed by atoms with E-state index < -0.39 is 6.98 Å². The van der Waals surface area contributed by atoms with Gasteiger partial charge in [0.05, 0.1) is 26.0 Å². The highest BCUT2D eigenvalue weighted by molar-refractivity contribution is 5.77. The van der Waals surface area contributed by atoms with Gasteiger partial charge in [0.15, 0.2) is 0 Å². The Hall–Kier alpha value is -2.65. The molecule has 2 saturated heterocycles. The summed E-state index contributed by atoms with van der Waals surface area (Å²) < 4.78 is 42.5. The standard InChI is InChI=1S/C19H24N6O3/c1-12-9-26-6-4-16(12)25-5-3-13-7-20-19(22-17(13)25)21-15-8-24(2)23-18(15)28-14-10-27-11-14/h3,5,7-8,12,14,16H,4,6,9-11H2,1-2H3,(H,20,21,22)/t12-,16-/m0/s1/i2D3. The lowest BCUT2D eigenvalue weighted by atomic mass is 9.98. The molecule has 28 heavy (non-hydrogen) atoms. The van der Waals surface area contributed by atoms with Gasteiger partial charge in [-0.05, 0) is 12.5 Å². The van der Waals surface area contributed by atoms with Crippen LogP contribution in [0.1, 0.15) is 23.5 Å². The molecule has 2 aliphatic rings. The molecule has 3 aromatic heterocycles. The second kappa shape index (κ2) is 7.06. The number of aromatic nitrogens is 5. The number of aryl methyl sites for hydroxylation is 1. The molecule has 5 heterocycles. The Balaban J connectivity index is 1.46. The van der Waals surface area contributed by atoms with Crippen molar-refractivity contribution in [3.63, 3.8) is 0 Å². The van der Waals surface area contributed by atoms with Crippen molar-refractivity contribution in [2.75, 3.05) is 31.7 Å². The van der Waals surface area contributed by atoms with E-state index in [-0.39, 0.29) is 12.0 Å². The van der Waals surface area contributed by atoms with Crippen LogP contribution >= 0.6 is 0 Å². The SMILES string of the molecule is [2H]C([2H])([2H])n1cc(Nc2ncc3ccn([C@H]4CCOC[C@@H]4C)c3n2)c(OC2COC2)n1. The zero-order chi connectivity index (χ0) is 21.6. The first-order chi connectivity index (χ1) is 14.9. The molecule has 1 N–H and O–H groups in total. The normalized spacial score (nSPS) is 25.0. The van der Waals surface area contributed by atoms with Crippen molar-refractivity contribution >= 4 is 22.7 Å². The van der Waals surface area contributed by atoms with Gasteiger partial charge < -0.3 is 24.1 Å². The zero-order valence-electron chi connectivity index (χ0n) is 18.5. The Morgan fingerprint density at radius 2 is 2.25 bits per heavy atom. The van der Waals surface area contributed by atoms with Gasteiger partial charge in [-0.1, -0.05) is 6.92 Å². The largest absolute Gasteiger partial charge is 0.467 e. The number of hydrogen-bond acceptors (Lipinski definition) is 7. The van der Waals surface area contributed by atoms with E-state index in [4.69, 9.17) is 23.3 Å². The predicted octanol–water partition coefficient (Wildman–Crippen LogP) is 2.28. The highest BCUT2D eigenvalue weighted by atomic mass is 16.6. The van der Waals surface area contributed by atoms with Gasteiger partial charge in [-0.3, -0.25) is 4.68 Å². The molecule has 9 heteroatoms. The van der Waals surface area contributed by atoms with Gasteiger partial charge in [0.2, 0.25) is 5.95 Å². The van der Waals surface area contributed by atoms with Crippen LogP contribution in [0.15, 0.2) is 24.7 Å². The molecule has 5 rings (SSSR count). The van der Waals surface area contributed by atoms with E-state index in [0.29, 0.717) is 36.8 Å². The molecule has 0 saturated carbocycles. The van der Waals surface area contributed by atoms with Crippen molar-refractivity contribution in [3.8, 4) is 5.88 Å². The number of hydrogen-bond donors (Lipinski definition) is 1. The first kappa shape index (κ1) is 14.4. The van der Waals surface area contributed by atoms with Crippen LogP contribution in [0.25, 0.3) is 11.0 Å². The highest BCUT2D eigenvalue weighted by Gasteiger charge is 2.26. The first-order valence-corrected chi connectivity index (χ1v) is 9.41. The van der Waals surface area contributed by atoms with Crippen LogP contribution in [0.3, 0.4) is 0 Å². The van der Waals surface area contributed by atoms with Crippen molar-refractivity contribution in [1.82, 2.24) is 24.3 Å². The van der Waals surface area contributed by atoms with E-state index in [1.165, 1.54) is 6.20 Å². The van der Waals surface area contributed by atoms with Gasteiger partial charge in [0.1, 0.15) is 17.4 Å². The van der Waals surface area contributed by atoms with Crippen LogP contribution in [-0.4, -0.2) is 56.8 Å². The van der Waals surface area contributed by atoms with Gasteiger partial charge in [0.25, 0.3) is 5.88 Å². The van der Waals surface area contributed by atoms with Gasteiger partial charge in [-0.15, -0.1) is 5.10 Å². The van der Waals surface area contributed by atoms with Crippen LogP contribution in [-0.2, 0) is 16.4 Å². The molecule has 9 nitrogen and oxygen atoms in total. The molecule has 0 aromatic carbocycles. The second-order valence-electron chi connectivity index (χ2n) is 7.30. The quantitative estimate of drug-likeness (QED) is 0.718. The molecule has 2 fully saturated rings. The summed E-state index contributed by atoms with van der Waals surface area (Å²) in [5.41, 5.74) is 1.20. The van der Waals surface area contributed by atoms with Crippen molar-refractivity contribution in [1.29, 1.82) is 0 Å². The molecule has 3 aromatic rings. The lowest BCUT2D eigenvalue weighted by molar-refractivity contribution is -0.0812. The summed E-state index contributed by atoms with van der Waals surface area (Å²) in [7, 11) is 0. The van der Waals surface area contributed by atoms with Crippen molar-refractivity contribution in [2.24, 2.45) is 12.9 Å². The maximum atomic E-state index is 7.63. The fourth-order valence-corrected chi connectivity index (χ4v) is 3.64. The molecular formula is C19H24N6O3. The number of anilines is 2. The van der Waals surface area contributed by atoms with Crippen LogP contribution in [0.2, 0.25) is 0 Å². The number of rotatable bonds is 5. The number of nitrogens with zero attached hydrogens (tertiary/aromatic N) is 5. The van der Waals surface area contributed by atoms with E-state index in [0.717, 1.165) is 35.3 Å². The first-order valence-electron chi connectivity index (χ1n) is 10.9. The average molecular weight is 387 g/mol. The van der Waals surface area contributed by atoms with E-state index in [2.05, 4.69) is 26.9 Å². The Labute approximate surface area is 166 Å². The summed E-state index contributed by atoms with van der Waals surface area (Å²) >= 11 is 0. The molecule has 0 radical (unpaired) electrons. The minimum atomic E-state index is -2.42. The third-order valence-electron chi connectivity index (χ3n) is 5.22. The number of ether oxygens (including phenoxy) is 3. The molecule has 0 aliphatic carbocycles. The summed E-state index contributed by atoms with van der Waals surface area (Å²) in [4.78, 5) is 9.10. The van der Waals surface area contributed by atoms with Crippen molar-refractivity contribution in [3.05, 3.63) is 24.7 Å². The predicted molar refractivity (Wildman–Crippen MR) is 103 cm³/mol. The zero-order valence-corrected chi connectivity index (χ0v) is 15.5. The van der Waals surface area contributed by atoms with Crippen molar-refractivity contribution < 1.29 is 18.3 Å². The van der Waals surface area contributed by atoms with E-state index in [1.54, 1.807) is 6.20 Å². The summed E-state index contributed by atoms with van der Waals surface area (Å²) in [6, 6.07) is 2.30. The van der Waals surface area contributed by atoms with Crippen LogP contribution in [0.5, 0.6) is 5.88 Å². The lowest BCUT2D eigenvalue weighted by Gasteiger charge is -2.30. The summed E-state index contributed by atoms with van der Waals surface area (Å²) in [6.45, 7) is 2.09. The van der Waals surface area contributed by atoms with E-state index in [1.807, 2.05) is 12.3 Å². The second-order valence-corrected chi connectivity index (χ2v) is 7.30. The highest BCUT2D eigenvalue weighted by Crippen LogP contribution is 2.31. The summed E-state index contributed by atoms with van der Waals surface area (Å²) in [6.07, 6.45) is 5.93. The molecule has 2 atom stereocenters. The van der Waals surface area contributed by atoms with Gasteiger partial charge in [0, 0.05) is 47.4 Å². The van der Waals surface area contributed by atoms with Gasteiger partial charge in [-0.2, -0.15) is 4.98 Å². The Morgan fingerprint density at radius 1 is 1.32 bits per heavy atom. The molecule has 0 bridgehead atoms. The third kappa shape index (κ3) is 3.20. The summed E-state index contributed by atoms with van der Waals surface area (Å²) in [5, 5.41) is 8.11. The van der Waals surface area contributed by atoms with Gasteiger partial charge in [-0.25, -0.2) is 4.98 Å². The average Bonchev–Trinajstić information content (AvgIpc) is 3.29. The van der Waals surface area contributed by atoms with Crippen molar-refractivity contribution in [2.45, 2.75) is 25.5 Å². The van der Waals surface area contributed by atoms with Crippen LogP contribution in [0.4, 0.5) is 11.6 Å². The van der Waals surface area contributed by atoms with Crippen LogP contribution < -0.4 is 10.1 Å². The fraction of sp³-hybridized carbons (Fsp3) is 0.526. The number of fused-ring (bicyclic) bond motifs is 1. The Kier molecular flexibility index (Phi) is 3.62. The molecule has 2 aliphatic heterocycles. The summed E-state index contributed by atoms with van der Waals surface area (Å²) in [5.74, 6) is 0.895. The maximum absolute atomic E-state index is 7.63. The lowest BCUT2D eigenvalue weighted by Crippen LogP contribution is -2.38. The number of nitrogens with one attached hydrogen (secondary N) is 1. The maximum Gasteiger partial charge on any atom is 0.257 e. The van der Waals surface area contributed by atoms with E-state index in [9.17, 15) is 0 Å². The fourth-order valence-electron chi connectivity index (χ4n) is 3.64. The van der Waals surface area contributed by atoms with Gasteiger partial charge >= 0.3 is 0 Å². The molecule has 148 valence electrons. The third-order valence-corrected chi connectivity index (χ3v) is 5.22. The molecule has 0 unspecified atom stereocenters. The minimum Gasteiger partial charge on any atom is -0.467 e. The topological polar surface area (TPSA) is 88.3 Å². The minimum absolute atomic E-state index is 0.156. The Bertz CT molecular complexity index is 1080. The smallest absolute Gasteiger partial charge is 0.257 e. The molecule has 0 spiro atoms. The van der Waals surface area contributed by atoms with Crippen LogP contribution in [0, 0.1) is 5.92 Å². The monoisotopic (exact) mass is 387 g/mol. The Morgan fingerprint density at radius 3 is 3.04 bits per heavy atom. The molecular weight excluding hydrogens is 360 g/mol. The van der Waals surface area contributed by atoms with E-state index >= 15 is 0 Å².